The molecule has 0 unspecified atom stereocenters. The number of carbonyl (C=O) groups excluding carboxylic acids is 1. The molecular weight excluding hydrogens is 318 g/mol. The summed E-state index contributed by atoms with van der Waals surface area (Å²) in [6.07, 6.45) is 0.391. The lowest BCUT2D eigenvalue weighted by atomic mass is 10.1. The van der Waals surface area contributed by atoms with Crippen molar-refractivity contribution in [2.75, 3.05) is 44.0 Å². The summed E-state index contributed by atoms with van der Waals surface area (Å²) < 4.78 is 4.99. The number of nitrogens with two attached hydrogens (primary N) is 1. The highest BCUT2D eigenvalue weighted by molar-refractivity contribution is 5.77. The number of methoxy groups -OCH3 is 1. The van der Waals surface area contributed by atoms with E-state index in [1.54, 1.807) is 13.2 Å². The second-order valence-electron chi connectivity index (χ2n) is 6.73. The Kier molecular flexibility index (Phi) is 6.21. The highest BCUT2D eigenvalue weighted by atomic mass is 16.5. The second kappa shape index (κ2) is 8.17. The normalized spacial score (nSPS) is 17.7. The number of rotatable bonds is 5. The van der Waals surface area contributed by atoms with Crippen molar-refractivity contribution in [3.05, 3.63) is 17.3 Å². The third-order valence-electron chi connectivity index (χ3n) is 4.50. The Morgan fingerprint density at radius 3 is 2.80 bits per heavy atom. The van der Waals surface area contributed by atoms with E-state index in [-0.39, 0.29) is 17.9 Å². The fourth-order valence-electron chi connectivity index (χ4n) is 3.17. The molecule has 1 aromatic rings. The molecule has 2 heterocycles. The fraction of sp³-hybridized carbons (Fsp3) is 0.611. The van der Waals surface area contributed by atoms with Crippen LogP contribution in [0, 0.1) is 11.3 Å². The number of carbonyl (C=O) groups is 1. The molecule has 0 aliphatic carbocycles. The van der Waals surface area contributed by atoms with Crippen LogP contribution in [0.1, 0.15) is 44.4 Å². The SMILES string of the molecule is COCCC(=O)N1CCN(c2nc(C(C)C)c(N)cc2C#N)C[C@H]1C. The third-order valence-corrected chi connectivity index (χ3v) is 4.50. The van der Waals surface area contributed by atoms with E-state index in [0.29, 0.717) is 49.7 Å². The average Bonchev–Trinajstić information content (AvgIpc) is 2.58. The van der Waals surface area contributed by atoms with Gasteiger partial charge in [0.1, 0.15) is 11.9 Å². The van der Waals surface area contributed by atoms with Crippen LogP contribution in [0.4, 0.5) is 11.5 Å². The molecule has 1 aliphatic rings. The largest absolute Gasteiger partial charge is 0.397 e. The van der Waals surface area contributed by atoms with Gasteiger partial charge in [0.15, 0.2) is 0 Å². The zero-order chi connectivity index (χ0) is 18.6. The highest BCUT2D eigenvalue weighted by Crippen LogP contribution is 2.28. The minimum absolute atomic E-state index is 0.0477. The van der Waals surface area contributed by atoms with E-state index in [2.05, 4.69) is 16.0 Å². The number of amides is 1. The van der Waals surface area contributed by atoms with Crippen molar-refractivity contribution in [2.45, 2.75) is 39.2 Å². The van der Waals surface area contributed by atoms with Gasteiger partial charge in [-0.1, -0.05) is 13.8 Å². The maximum atomic E-state index is 12.3. The fourth-order valence-corrected chi connectivity index (χ4v) is 3.17. The van der Waals surface area contributed by atoms with Crippen molar-refractivity contribution in [3.63, 3.8) is 0 Å². The number of piperazine rings is 1. The maximum Gasteiger partial charge on any atom is 0.225 e. The van der Waals surface area contributed by atoms with Gasteiger partial charge in [0, 0.05) is 32.8 Å². The lowest BCUT2D eigenvalue weighted by molar-refractivity contribution is -0.134. The number of anilines is 2. The van der Waals surface area contributed by atoms with Crippen LogP contribution in [0.15, 0.2) is 6.07 Å². The Balaban J connectivity index is 2.20. The predicted molar refractivity (Wildman–Crippen MR) is 97.3 cm³/mol. The molecule has 0 aromatic carbocycles. The van der Waals surface area contributed by atoms with Gasteiger partial charge in [0.25, 0.3) is 0 Å². The van der Waals surface area contributed by atoms with Gasteiger partial charge in [0.2, 0.25) is 5.91 Å². The number of hydrogen-bond acceptors (Lipinski definition) is 6. The summed E-state index contributed by atoms with van der Waals surface area (Å²) in [6, 6.07) is 3.95. The van der Waals surface area contributed by atoms with Gasteiger partial charge in [-0.05, 0) is 18.9 Å². The molecule has 7 nitrogen and oxygen atoms in total. The van der Waals surface area contributed by atoms with E-state index in [1.165, 1.54) is 0 Å². The molecule has 1 atom stereocenters. The molecule has 1 fully saturated rings. The minimum atomic E-state index is 0.0477. The standard InChI is InChI=1S/C18H27N5O2/c1-12(2)17-15(20)9-14(10-19)18(21-17)22-6-7-23(13(3)11-22)16(24)5-8-25-4/h9,12-13H,5-8,11,20H2,1-4H3/t13-/m1/s1. The quantitative estimate of drug-likeness (QED) is 0.873. The first-order valence-corrected chi connectivity index (χ1v) is 8.62. The van der Waals surface area contributed by atoms with E-state index in [4.69, 9.17) is 10.5 Å². The smallest absolute Gasteiger partial charge is 0.225 e. The van der Waals surface area contributed by atoms with Gasteiger partial charge >= 0.3 is 0 Å². The first-order valence-electron chi connectivity index (χ1n) is 8.62. The van der Waals surface area contributed by atoms with Crippen molar-refractivity contribution in [2.24, 2.45) is 0 Å². The van der Waals surface area contributed by atoms with Gasteiger partial charge in [0.05, 0.1) is 30.0 Å². The number of pyridine rings is 1. The summed E-state index contributed by atoms with van der Waals surface area (Å²) >= 11 is 0. The Labute approximate surface area is 149 Å². The van der Waals surface area contributed by atoms with Crippen molar-refractivity contribution in [1.29, 1.82) is 5.26 Å². The summed E-state index contributed by atoms with van der Waals surface area (Å²) in [5.74, 6) is 0.944. The predicted octanol–water partition coefficient (Wildman–Crippen LogP) is 1.73. The lowest BCUT2D eigenvalue weighted by Crippen LogP contribution is -2.54. The Morgan fingerprint density at radius 2 is 2.24 bits per heavy atom. The molecule has 7 heteroatoms. The topological polar surface area (TPSA) is 95.5 Å². The van der Waals surface area contributed by atoms with E-state index in [9.17, 15) is 10.1 Å². The van der Waals surface area contributed by atoms with Crippen LogP contribution in [-0.4, -0.2) is 55.2 Å². The molecule has 0 saturated carbocycles. The van der Waals surface area contributed by atoms with Gasteiger partial charge < -0.3 is 20.3 Å². The van der Waals surface area contributed by atoms with E-state index in [0.717, 1.165) is 5.69 Å². The molecule has 2 rings (SSSR count). The van der Waals surface area contributed by atoms with Gasteiger partial charge in [-0.25, -0.2) is 4.98 Å². The van der Waals surface area contributed by atoms with Gasteiger partial charge in [-0.15, -0.1) is 0 Å². The van der Waals surface area contributed by atoms with Gasteiger partial charge in [-0.2, -0.15) is 5.26 Å². The van der Waals surface area contributed by atoms with E-state index in [1.807, 2.05) is 25.7 Å². The zero-order valence-electron chi connectivity index (χ0n) is 15.5. The number of nitrogen functional groups attached to an aromatic ring is 1. The first-order chi connectivity index (χ1) is 11.9. The maximum absolute atomic E-state index is 12.3. The third kappa shape index (κ3) is 4.20. The molecule has 1 aromatic heterocycles. The minimum Gasteiger partial charge on any atom is -0.397 e. The van der Waals surface area contributed by atoms with Crippen molar-refractivity contribution >= 4 is 17.4 Å². The Morgan fingerprint density at radius 1 is 1.52 bits per heavy atom. The lowest BCUT2D eigenvalue weighted by Gasteiger charge is -2.41. The number of aromatic nitrogens is 1. The van der Waals surface area contributed by atoms with Crippen LogP contribution >= 0.6 is 0 Å². The van der Waals surface area contributed by atoms with E-state index < -0.39 is 0 Å². The highest BCUT2D eigenvalue weighted by Gasteiger charge is 2.29. The monoisotopic (exact) mass is 345 g/mol. The van der Waals surface area contributed by atoms with Crippen molar-refractivity contribution < 1.29 is 9.53 Å². The number of nitriles is 1. The molecule has 2 N–H and O–H groups in total. The molecule has 1 aliphatic heterocycles. The second-order valence-corrected chi connectivity index (χ2v) is 6.73. The van der Waals surface area contributed by atoms with Gasteiger partial charge in [-0.3, -0.25) is 4.79 Å². The van der Waals surface area contributed by atoms with Crippen LogP contribution in [0.3, 0.4) is 0 Å². The average molecular weight is 345 g/mol. The molecule has 0 radical (unpaired) electrons. The molecule has 25 heavy (non-hydrogen) atoms. The van der Waals surface area contributed by atoms with Crippen LogP contribution in [0.5, 0.6) is 0 Å². The summed E-state index contributed by atoms with van der Waals surface area (Å²) in [7, 11) is 1.59. The molecule has 1 amide bonds. The number of ether oxygens (including phenoxy) is 1. The van der Waals surface area contributed by atoms with E-state index >= 15 is 0 Å². The summed E-state index contributed by atoms with van der Waals surface area (Å²) in [6.45, 7) is 8.41. The van der Waals surface area contributed by atoms with Crippen LogP contribution in [0.2, 0.25) is 0 Å². The van der Waals surface area contributed by atoms with Crippen LogP contribution in [0.25, 0.3) is 0 Å². The van der Waals surface area contributed by atoms with Crippen LogP contribution < -0.4 is 10.6 Å². The Bertz CT molecular complexity index is 668. The number of nitrogens with zero attached hydrogens (tertiary/aromatic N) is 4. The summed E-state index contributed by atoms with van der Waals surface area (Å²) in [5.41, 5.74) is 7.87. The molecule has 0 spiro atoms. The van der Waals surface area contributed by atoms with Crippen LogP contribution in [-0.2, 0) is 9.53 Å². The zero-order valence-corrected chi connectivity index (χ0v) is 15.5. The molecule has 0 bridgehead atoms. The summed E-state index contributed by atoms with van der Waals surface area (Å²) in [5, 5.41) is 9.46. The molecule has 136 valence electrons. The Hall–Kier alpha value is -2.33. The van der Waals surface area contributed by atoms with Crippen molar-refractivity contribution in [3.8, 4) is 6.07 Å². The van der Waals surface area contributed by atoms with Crippen molar-refractivity contribution in [1.82, 2.24) is 9.88 Å². The molecular formula is C18H27N5O2. The molecule has 1 saturated heterocycles. The first kappa shape index (κ1) is 19.0. The summed E-state index contributed by atoms with van der Waals surface area (Å²) in [4.78, 5) is 20.9. The number of hydrogen-bond donors (Lipinski definition) is 1.